The Morgan fingerprint density at radius 1 is 1.13 bits per heavy atom. The lowest BCUT2D eigenvalue weighted by atomic mass is 10.1. The number of aromatic nitrogens is 2. The molecule has 2 aromatic carbocycles. The first-order chi connectivity index (χ1) is 14.5. The lowest BCUT2D eigenvalue weighted by Crippen LogP contribution is -2.18. The molecule has 0 aliphatic carbocycles. The van der Waals surface area contributed by atoms with Crippen LogP contribution in [0.2, 0.25) is 0 Å². The Kier molecular flexibility index (Phi) is 5.10. The Morgan fingerprint density at radius 2 is 1.93 bits per heavy atom. The summed E-state index contributed by atoms with van der Waals surface area (Å²) in [4.78, 5) is 26.2. The molecule has 0 radical (unpaired) electrons. The molecule has 4 rings (SSSR count). The minimum atomic E-state index is -0.358. The fraction of sp³-hybridized carbons (Fsp3) is 0.174. The van der Waals surface area contributed by atoms with Crippen LogP contribution in [0, 0.1) is 6.92 Å². The van der Waals surface area contributed by atoms with Crippen molar-refractivity contribution in [2.45, 2.75) is 20.4 Å². The minimum absolute atomic E-state index is 0.0667. The zero-order valence-corrected chi connectivity index (χ0v) is 16.9. The third kappa shape index (κ3) is 3.45. The third-order valence-electron chi connectivity index (χ3n) is 4.81. The topological polar surface area (TPSA) is 86.4 Å². The summed E-state index contributed by atoms with van der Waals surface area (Å²) in [5.41, 5.74) is 2.41. The lowest BCUT2D eigenvalue weighted by molar-refractivity contribution is 0.101. The van der Waals surface area contributed by atoms with Gasteiger partial charge in [-0.1, -0.05) is 24.3 Å². The number of carbonyl (C=O) groups excluding carboxylic acids is 2. The zero-order chi connectivity index (χ0) is 21.3. The summed E-state index contributed by atoms with van der Waals surface area (Å²) in [5, 5.41) is 7.84. The van der Waals surface area contributed by atoms with Crippen molar-refractivity contribution >= 4 is 28.3 Å². The van der Waals surface area contributed by atoms with Crippen LogP contribution in [0.4, 0.5) is 5.69 Å². The number of aryl methyl sites for hydroxylation is 2. The van der Waals surface area contributed by atoms with Crippen molar-refractivity contribution in [3.05, 3.63) is 77.3 Å². The van der Waals surface area contributed by atoms with Gasteiger partial charge in [0.1, 0.15) is 17.0 Å². The second kappa shape index (κ2) is 7.87. The number of benzene rings is 2. The van der Waals surface area contributed by atoms with E-state index in [1.54, 1.807) is 47.1 Å². The largest absolute Gasteiger partial charge is 0.497 e. The van der Waals surface area contributed by atoms with Crippen molar-refractivity contribution in [2.75, 3.05) is 12.4 Å². The van der Waals surface area contributed by atoms with Crippen molar-refractivity contribution in [3.8, 4) is 5.75 Å². The lowest BCUT2D eigenvalue weighted by Gasteiger charge is -2.08. The smallest absolute Gasteiger partial charge is 0.274 e. The van der Waals surface area contributed by atoms with E-state index in [-0.39, 0.29) is 17.5 Å². The molecule has 1 N–H and O–H groups in total. The number of carbonyl (C=O) groups is 2. The molecule has 0 aliphatic heterocycles. The number of anilines is 1. The van der Waals surface area contributed by atoms with E-state index >= 15 is 0 Å². The van der Waals surface area contributed by atoms with E-state index in [0.717, 1.165) is 5.69 Å². The van der Waals surface area contributed by atoms with Gasteiger partial charge >= 0.3 is 0 Å². The summed E-state index contributed by atoms with van der Waals surface area (Å²) in [6.07, 6.45) is 0. The van der Waals surface area contributed by atoms with E-state index in [4.69, 9.17) is 9.15 Å². The molecule has 0 aliphatic rings. The first-order valence-corrected chi connectivity index (χ1v) is 9.58. The fourth-order valence-electron chi connectivity index (χ4n) is 3.37. The van der Waals surface area contributed by atoms with Gasteiger partial charge in [-0.3, -0.25) is 14.3 Å². The van der Waals surface area contributed by atoms with Crippen LogP contribution in [0.15, 0.2) is 59.0 Å². The van der Waals surface area contributed by atoms with Crippen LogP contribution < -0.4 is 10.1 Å². The molecular weight excluding hydrogens is 382 g/mol. The van der Waals surface area contributed by atoms with Crippen molar-refractivity contribution in [2.24, 2.45) is 0 Å². The number of nitrogens with zero attached hydrogens (tertiary/aromatic N) is 2. The molecule has 0 saturated heterocycles. The monoisotopic (exact) mass is 403 g/mol. The normalized spacial score (nSPS) is 10.9. The highest BCUT2D eigenvalue weighted by molar-refractivity contribution is 6.18. The standard InChI is InChI=1S/C23H21N3O4/c1-4-26-18(12-14(2)25-26)23(28)24-20-17-10-5-6-11-19(17)30-22(20)21(27)15-8-7-9-16(13-15)29-3/h5-13H,4H2,1-3H3,(H,24,28). The van der Waals surface area contributed by atoms with Crippen LogP contribution in [-0.4, -0.2) is 28.6 Å². The first-order valence-electron chi connectivity index (χ1n) is 9.58. The molecule has 7 nitrogen and oxygen atoms in total. The van der Waals surface area contributed by atoms with Crippen LogP contribution in [0.3, 0.4) is 0 Å². The summed E-state index contributed by atoms with van der Waals surface area (Å²) in [6.45, 7) is 4.29. The number of hydrogen-bond acceptors (Lipinski definition) is 5. The summed E-state index contributed by atoms with van der Waals surface area (Å²) in [5.74, 6) is -0.0776. The highest BCUT2D eigenvalue weighted by Gasteiger charge is 2.25. The summed E-state index contributed by atoms with van der Waals surface area (Å²) < 4.78 is 12.7. The average Bonchev–Trinajstić information content (AvgIpc) is 3.33. The van der Waals surface area contributed by atoms with E-state index < -0.39 is 0 Å². The van der Waals surface area contributed by atoms with Crippen LogP contribution in [0.5, 0.6) is 5.75 Å². The Hall–Kier alpha value is -3.87. The molecule has 30 heavy (non-hydrogen) atoms. The molecule has 0 bridgehead atoms. The molecule has 0 fully saturated rings. The van der Waals surface area contributed by atoms with Gasteiger partial charge in [0.15, 0.2) is 5.76 Å². The van der Waals surface area contributed by atoms with Crippen LogP contribution >= 0.6 is 0 Å². The summed E-state index contributed by atoms with van der Waals surface area (Å²) >= 11 is 0. The molecule has 7 heteroatoms. The van der Waals surface area contributed by atoms with Gasteiger partial charge in [0.05, 0.1) is 18.5 Å². The maximum Gasteiger partial charge on any atom is 0.274 e. The zero-order valence-electron chi connectivity index (χ0n) is 16.9. The second-order valence-corrected chi connectivity index (χ2v) is 6.80. The predicted molar refractivity (Wildman–Crippen MR) is 113 cm³/mol. The molecule has 0 spiro atoms. The first kappa shape index (κ1) is 19.4. The molecule has 0 atom stereocenters. The van der Waals surface area contributed by atoms with Gasteiger partial charge < -0.3 is 14.5 Å². The van der Waals surface area contributed by atoms with E-state index in [0.29, 0.717) is 40.2 Å². The molecular formula is C23H21N3O4. The number of fused-ring (bicyclic) bond motifs is 1. The number of furan rings is 1. The van der Waals surface area contributed by atoms with Crippen LogP contribution in [0.1, 0.15) is 39.2 Å². The highest BCUT2D eigenvalue weighted by Crippen LogP contribution is 2.33. The Balaban J connectivity index is 1.79. The number of para-hydroxylation sites is 1. The number of amides is 1. The van der Waals surface area contributed by atoms with Crippen molar-refractivity contribution in [1.29, 1.82) is 0 Å². The molecule has 0 unspecified atom stereocenters. The SMILES string of the molecule is CCn1nc(C)cc1C(=O)Nc1c(C(=O)c2cccc(OC)c2)oc2ccccc12. The van der Waals surface area contributed by atoms with Gasteiger partial charge in [0.25, 0.3) is 5.91 Å². The van der Waals surface area contributed by atoms with Crippen molar-refractivity contribution in [3.63, 3.8) is 0 Å². The summed E-state index contributed by atoms with van der Waals surface area (Å²) in [6, 6.07) is 15.7. The van der Waals surface area contributed by atoms with E-state index in [2.05, 4.69) is 10.4 Å². The maximum atomic E-state index is 13.2. The fourth-order valence-corrected chi connectivity index (χ4v) is 3.37. The molecule has 152 valence electrons. The van der Waals surface area contributed by atoms with Gasteiger partial charge in [-0.2, -0.15) is 5.10 Å². The molecule has 1 amide bonds. The Labute approximate surface area is 173 Å². The van der Waals surface area contributed by atoms with E-state index in [9.17, 15) is 9.59 Å². The molecule has 2 heterocycles. The van der Waals surface area contributed by atoms with Crippen LogP contribution in [-0.2, 0) is 6.54 Å². The second-order valence-electron chi connectivity index (χ2n) is 6.80. The number of methoxy groups -OCH3 is 1. The Morgan fingerprint density at radius 3 is 2.70 bits per heavy atom. The van der Waals surface area contributed by atoms with Gasteiger partial charge in [-0.25, -0.2) is 0 Å². The predicted octanol–water partition coefficient (Wildman–Crippen LogP) is 4.45. The molecule has 2 aromatic heterocycles. The van der Waals surface area contributed by atoms with E-state index in [1.165, 1.54) is 7.11 Å². The van der Waals surface area contributed by atoms with Crippen molar-refractivity contribution < 1.29 is 18.7 Å². The quantitative estimate of drug-likeness (QED) is 0.481. The molecule has 0 saturated carbocycles. The number of ketones is 1. The third-order valence-corrected chi connectivity index (χ3v) is 4.81. The molecule has 4 aromatic rings. The maximum absolute atomic E-state index is 13.2. The average molecular weight is 403 g/mol. The Bertz CT molecular complexity index is 1250. The van der Waals surface area contributed by atoms with Crippen LogP contribution in [0.25, 0.3) is 11.0 Å². The number of ether oxygens (including phenoxy) is 1. The number of nitrogens with one attached hydrogen (secondary N) is 1. The summed E-state index contributed by atoms with van der Waals surface area (Å²) in [7, 11) is 1.54. The van der Waals surface area contributed by atoms with E-state index in [1.807, 2.05) is 26.0 Å². The number of rotatable bonds is 6. The van der Waals surface area contributed by atoms with Gasteiger partial charge in [0, 0.05) is 17.5 Å². The number of hydrogen-bond donors (Lipinski definition) is 1. The van der Waals surface area contributed by atoms with Gasteiger partial charge in [0.2, 0.25) is 5.78 Å². The highest BCUT2D eigenvalue weighted by atomic mass is 16.5. The minimum Gasteiger partial charge on any atom is -0.497 e. The van der Waals surface area contributed by atoms with Gasteiger partial charge in [-0.05, 0) is 44.2 Å². The van der Waals surface area contributed by atoms with Gasteiger partial charge in [-0.15, -0.1) is 0 Å². The van der Waals surface area contributed by atoms with Crippen molar-refractivity contribution in [1.82, 2.24) is 9.78 Å².